The number of non-ortho nitro benzene ring substituents is 1. The first-order valence-corrected chi connectivity index (χ1v) is 9.84. The maximum Gasteiger partial charge on any atom is 0.270 e. The fourth-order valence-corrected chi connectivity index (χ4v) is 3.57. The second-order valence-electron chi connectivity index (χ2n) is 5.76. The molecule has 1 amide bonds. The van der Waals surface area contributed by atoms with Gasteiger partial charge in [-0.1, -0.05) is 11.6 Å². The van der Waals surface area contributed by atoms with Crippen molar-refractivity contribution in [2.24, 2.45) is 0 Å². The van der Waals surface area contributed by atoms with Crippen LogP contribution in [0.4, 0.5) is 11.4 Å². The summed E-state index contributed by atoms with van der Waals surface area (Å²) in [6, 6.07) is 7.64. The Morgan fingerprint density at radius 3 is 2.46 bits per heavy atom. The van der Waals surface area contributed by atoms with Crippen molar-refractivity contribution < 1.29 is 22.9 Å². The largest absolute Gasteiger partial charge is 0.492 e. The molecule has 2 aromatic rings. The molecule has 0 saturated heterocycles. The third-order valence-corrected chi connectivity index (χ3v) is 5.82. The summed E-state index contributed by atoms with van der Waals surface area (Å²) < 4.78 is 31.5. The Kier molecular flexibility index (Phi) is 6.60. The van der Waals surface area contributed by atoms with E-state index in [1.165, 1.54) is 38.4 Å². The first kappa shape index (κ1) is 21.6. The third kappa shape index (κ3) is 4.58. The van der Waals surface area contributed by atoms with E-state index in [1.54, 1.807) is 6.92 Å². The van der Waals surface area contributed by atoms with E-state index >= 15 is 0 Å². The molecule has 0 aliphatic heterocycles. The number of hydrogen-bond donors (Lipinski definition) is 1. The molecule has 2 rings (SSSR count). The molecule has 0 aliphatic rings. The monoisotopic (exact) mass is 427 g/mol. The Labute approximate surface area is 167 Å². The zero-order chi connectivity index (χ0) is 21.1. The summed E-state index contributed by atoms with van der Waals surface area (Å²) in [7, 11) is -1.06. The van der Waals surface area contributed by atoms with Gasteiger partial charge in [0, 0.05) is 31.9 Å². The van der Waals surface area contributed by atoms with Gasteiger partial charge in [-0.25, -0.2) is 12.7 Å². The highest BCUT2D eigenvalue weighted by atomic mass is 35.5. The maximum atomic E-state index is 12.5. The van der Waals surface area contributed by atoms with Crippen molar-refractivity contribution in [3.05, 3.63) is 57.1 Å². The van der Waals surface area contributed by atoms with E-state index in [0.717, 1.165) is 16.4 Å². The Hall–Kier alpha value is -2.69. The number of ether oxygens (including phenoxy) is 1. The molecule has 0 radical (unpaired) electrons. The molecule has 0 saturated carbocycles. The van der Waals surface area contributed by atoms with Crippen molar-refractivity contribution >= 4 is 38.9 Å². The topological polar surface area (TPSA) is 119 Å². The van der Waals surface area contributed by atoms with Gasteiger partial charge in [0.1, 0.15) is 10.6 Å². The number of carbonyl (C=O) groups is 1. The van der Waals surface area contributed by atoms with Gasteiger partial charge in [-0.2, -0.15) is 0 Å². The number of benzene rings is 2. The Bertz CT molecular complexity index is 1020. The number of nitro groups is 1. The van der Waals surface area contributed by atoms with E-state index < -0.39 is 20.9 Å². The molecule has 0 aliphatic carbocycles. The highest BCUT2D eigenvalue weighted by Crippen LogP contribution is 2.30. The lowest BCUT2D eigenvalue weighted by atomic mass is 10.2. The number of rotatable bonds is 7. The van der Waals surface area contributed by atoms with Crippen LogP contribution in [-0.2, 0) is 10.0 Å². The van der Waals surface area contributed by atoms with Gasteiger partial charge in [-0.15, -0.1) is 0 Å². The average molecular weight is 428 g/mol. The molecule has 0 bridgehead atoms. The number of sulfonamides is 1. The Morgan fingerprint density at radius 2 is 1.93 bits per heavy atom. The minimum atomic E-state index is -3.82. The van der Waals surface area contributed by atoms with E-state index in [-0.39, 0.29) is 39.2 Å². The minimum absolute atomic E-state index is 0.0122. The number of hydrogen-bond acceptors (Lipinski definition) is 6. The SMILES string of the molecule is CCOc1ccc(NC(=O)c2ccc([N+](=O)[O-])cc2Cl)cc1S(=O)(=O)N(C)C. The molecular formula is C17H18ClN3O6S. The number of carbonyl (C=O) groups excluding carboxylic acids is 1. The maximum absolute atomic E-state index is 12.5. The van der Waals surface area contributed by atoms with E-state index in [2.05, 4.69) is 5.32 Å². The molecule has 28 heavy (non-hydrogen) atoms. The molecule has 0 unspecified atom stereocenters. The predicted octanol–water partition coefficient (Wildman–Crippen LogP) is 3.15. The first-order valence-electron chi connectivity index (χ1n) is 8.02. The van der Waals surface area contributed by atoms with Crippen molar-refractivity contribution in [2.75, 3.05) is 26.0 Å². The van der Waals surface area contributed by atoms with Crippen molar-refractivity contribution in [3.63, 3.8) is 0 Å². The van der Waals surface area contributed by atoms with Crippen LogP contribution < -0.4 is 10.1 Å². The number of anilines is 1. The molecule has 11 heteroatoms. The number of nitrogens with one attached hydrogen (secondary N) is 1. The van der Waals surface area contributed by atoms with Crippen LogP contribution in [0.3, 0.4) is 0 Å². The molecule has 2 aromatic carbocycles. The second kappa shape index (κ2) is 8.55. The highest BCUT2D eigenvalue weighted by Gasteiger charge is 2.24. The van der Waals surface area contributed by atoms with Gasteiger partial charge in [0.05, 0.1) is 22.1 Å². The Morgan fingerprint density at radius 1 is 1.25 bits per heavy atom. The van der Waals surface area contributed by atoms with Crippen molar-refractivity contribution in [2.45, 2.75) is 11.8 Å². The molecule has 0 atom stereocenters. The van der Waals surface area contributed by atoms with Gasteiger partial charge in [0.15, 0.2) is 0 Å². The minimum Gasteiger partial charge on any atom is -0.492 e. The number of amides is 1. The van der Waals surface area contributed by atoms with Crippen LogP contribution in [0, 0.1) is 10.1 Å². The number of halogens is 1. The summed E-state index contributed by atoms with van der Waals surface area (Å²) in [4.78, 5) is 22.5. The van der Waals surface area contributed by atoms with Crippen LogP contribution in [0.1, 0.15) is 17.3 Å². The molecule has 0 fully saturated rings. The van der Waals surface area contributed by atoms with Crippen LogP contribution in [0.25, 0.3) is 0 Å². The fraction of sp³-hybridized carbons (Fsp3) is 0.235. The van der Waals surface area contributed by atoms with E-state index in [0.29, 0.717) is 0 Å². The van der Waals surface area contributed by atoms with Gasteiger partial charge in [-0.3, -0.25) is 14.9 Å². The molecule has 1 N–H and O–H groups in total. The molecule has 150 valence electrons. The lowest BCUT2D eigenvalue weighted by Crippen LogP contribution is -2.23. The second-order valence-corrected chi connectivity index (χ2v) is 8.28. The summed E-state index contributed by atoms with van der Waals surface area (Å²) in [5.74, 6) is -0.486. The zero-order valence-electron chi connectivity index (χ0n) is 15.3. The lowest BCUT2D eigenvalue weighted by molar-refractivity contribution is -0.384. The summed E-state index contributed by atoms with van der Waals surface area (Å²) in [6.45, 7) is 1.98. The van der Waals surface area contributed by atoms with Crippen LogP contribution in [0.2, 0.25) is 5.02 Å². The zero-order valence-corrected chi connectivity index (χ0v) is 16.9. The van der Waals surface area contributed by atoms with Crippen LogP contribution >= 0.6 is 11.6 Å². The number of nitrogens with zero attached hydrogens (tertiary/aromatic N) is 2. The molecule has 0 spiro atoms. The quantitative estimate of drug-likeness (QED) is 0.535. The van der Waals surface area contributed by atoms with E-state index in [1.807, 2.05) is 0 Å². The molecular weight excluding hydrogens is 410 g/mol. The van der Waals surface area contributed by atoms with Gasteiger partial charge < -0.3 is 10.1 Å². The average Bonchev–Trinajstić information content (AvgIpc) is 2.62. The predicted molar refractivity (Wildman–Crippen MR) is 105 cm³/mol. The van der Waals surface area contributed by atoms with Crippen LogP contribution in [0.5, 0.6) is 5.75 Å². The highest BCUT2D eigenvalue weighted by molar-refractivity contribution is 7.89. The standard InChI is InChI=1S/C17H18ClN3O6S/c1-4-27-15-8-5-11(9-16(15)28(25,26)20(2)3)19-17(22)13-7-6-12(21(23)24)10-14(13)18/h5-10H,4H2,1-3H3,(H,19,22). The summed E-state index contributed by atoms with van der Waals surface area (Å²) in [6.07, 6.45) is 0. The summed E-state index contributed by atoms with van der Waals surface area (Å²) >= 11 is 5.96. The van der Waals surface area contributed by atoms with Crippen molar-refractivity contribution in [1.29, 1.82) is 0 Å². The van der Waals surface area contributed by atoms with Gasteiger partial charge in [0.25, 0.3) is 11.6 Å². The summed E-state index contributed by atoms with van der Waals surface area (Å²) in [5.41, 5.74) is -0.0385. The lowest BCUT2D eigenvalue weighted by Gasteiger charge is -2.16. The van der Waals surface area contributed by atoms with Crippen LogP contribution in [0.15, 0.2) is 41.3 Å². The van der Waals surface area contributed by atoms with Crippen molar-refractivity contribution in [1.82, 2.24) is 4.31 Å². The summed E-state index contributed by atoms with van der Waals surface area (Å²) in [5, 5.41) is 13.2. The first-order chi connectivity index (χ1) is 13.1. The molecule has 9 nitrogen and oxygen atoms in total. The fourth-order valence-electron chi connectivity index (χ4n) is 2.26. The smallest absolute Gasteiger partial charge is 0.270 e. The van der Waals surface area contributed by atoms with Gasteiger partial charge >= 0.3 is 0 Å². The van der Waals surface area contributed by atoms with Gasteiger partial charge in [0.2, 0.25) is 10.0 Å². The van der Waals surface area contributed by atoms with Crippen molar-refractivity contribution in [3.8, 4) is 5.75 Å². The molecule has 0 aromatic heterocycles. The van der Waals surface area contributed by atoms with E-state index in [4.69, 9.17) is 16.3 Å². The molecule has 0 heterocycles. The van der Waals surface area contributed by atoms with Crippen LogP contribution in [-0.4, -0.2) is 44.3 Å². The number of nitro benzene ring substituents is 1. The van der Waals surface area contributed by atoms with E-state index in [9.17, 15) is 23.3 Å². The normalized spacial score (nSPS) is 11.3. The van der Waals surface area contributed by atoms with Gasteiger partial charge in [-0.05, 0) is 31.2 Å². The Balaban J connectivity index is 2.39. The third-order valence-electron chi connectivity index (χ3n) is 3.67.